The molecule has 0 bridgehead atoms. The average Bonchev–Trinajstić information content (AvgIpc) is 2.55. The number of nitrogens with zero attached hydrogens (tertiary/aromatic N) is 2. The van der Waals surface area contributed by atoms with Gasteiger partial charge in [-0.05, 0) is 23.7 Å². The number of aromatic nitrogens is 2. The number of halogens is 4. The van der Waals surface area contributed by atoms with Crippen molar-refractivity contribution in [1.29, 1.82) is 0 Å². The first-order valence-electron chi connectivity index (χ1n) is 7.00. The van der Waals surface area contributed by atoms with Crippen LogP contribution in [-0.4, -0.2) is 9.97 Å². The van der Waals surface area contributed by atoms with Crippen molar-refractivity contribution in [3.8, 4) is 11.1 Å². The molecule has 0 spiro atoms. The molecule has 0 saturated heterocycles. The van der Waals surface area contributed by atoms with Gasteiger partial charge in [0.15, 0.2) is 0 Å². The lowest BCUT2D eigenvalue weighted by molar-refractivity contribution is 0.574. The molecule has 3 rings (SSSR count). The largest absolute Gasteiger partial charge is 0.365 e. The summed E-state index contributed by atoms with van der Waals surface area (Å²) in [5.74, 6) is -1.54. The van der Waals surface area contributed by atoms with Crippen molar-refractivity contribution in [3.63, 3.8) is 0 Å². The first kappa shape index (κ1) is 16.3. The fourth-order valence-electron chi connectivity index (χ4n) is 2.22. The molecule has 7 heteroatoms. The number of hydrogen-bond acceptors (Lipinski definition) is 3. The van der Waals surface area contributed by atoms with Crippen LogP contribution in [0.2, 0.25) is 5.28 Å². The normalized spacial score (nSPS) is 10.7. The summed E-state index contributed by atoms with van der Waals surface area (Å²) in [6, 6.07) is 9.40. The molecule has 3 nitrogen and oxygen atoms in total. The maximum Gasteiger partial charge on any atom is 0.224 e. The Kier molecular flexibility index (Phi) is 4.66. The van der Waals surface area contributed by atoms with E-state index in [0.717, 1.165) is 12.1 Å². The Morgan fingerprint density at radius 3 is 2.50 bits per heavy atom. The second-order valence-corrected chi connectivity index (χ2v) is 5.31. The third-order valence-electron chi connectivity index (χ3n) is 3.38. The zero-order chi connectivity index (χ0) is 17.1. The Balaban J connectivity index is 1.93. The number of rotatable bonds is 4. The van der Waals surface area contributed by atoms with Crippen LogP contribution in [0.1, 0.15) is 5.56 Å². The highest BCUT2D eigenvalue weighted by molar-refractivity contribution is 6.28. The fraction of sp³-hybridized carbons (Fsp3) is 0.0588. The van der Waals surface area contributed by atoms with Crippen LogP contribution in [-0.2, 0) is 6.54 Å². The molecule has 0 radical (unpaired) electrons. The maximum absolute atomic E-state index is 14.0. The third-order valence-corrected chi connectivity index (χ3v) is 3.57. The van der Waals surface area contributed by atoms with Gasteiger partial charge >= 0.3 is 0 Å². The molecule has 1 aromatic heterocycles. The summed E-state index contributed by atoms with van der Waals surface area (Å²) in [5, 5.41) is 2.86. The van der Waals surface area contributed by atoms with Gasteiger partial charge in [-0.1, -0.05) is 24.3 Å². The second-order valence-electron chi connectivity index (χ2n) is 4.97. The molecule has 0 atom stereocenters. The van der Waals surface area contributed by atoms with Crippen LogP contribution < -0.4 is 5.32 Å². The van der Waals surface area contributed by atoms with E-state index in [1.165, 1.54) is 18.3 Å². The first-order valence-corrected chi connectivity index (χ1v) is 7.37. The summed E-state index contributed by atoms with van der Waals surface area (Å²) in [6.07, 6.45) is 1.39. The lowest BCUT2D eigenvalue weighted by Gasteiger charge is -2.12. The zero-order valence-corrected chi connectivity index (χ0v) is 13.0. The van der Waals surface area contributed by atoms with Crippen LogP contribution in [0.15, 0.2) is 48.7 Å². The minimum absolute atomic E-state index is 0.0287. The van der Waals surface area contributed by atoms with E-state index < -0.39 is 17.5 Å². The van der Waals surface area contributed by atoms with E-state index in [1.807, 2.05) is 0 Å². The van der Waals surface area contributed by atoms with Crippen molar-refractivity contribution in [2.45, 2.75) is 6.54 Å². The van der Waals surface area contributed by atoms with Gasteiger partial charge in [-0.25, -0.2) is 23.1 Å². The molecule has 0 saturated carbocycles. The van der Waals surface area contributed by atoms with Gasteiger partial charge in [0.2, 0.25) is 5.28 Å². The molecule has 0 aliphatic carbocycles. The Morgan fingerprint density at radius 1 is 0.958 bits per heavy atom. The van der Waals surface area contributed by atoms with E-state index >= 15 is 0 Å². The molecule has 122 valence electrons. The highest BCUT2D eigenvalue weighted by Crippen LogP contribution is 2.29. The monoisotopic (exact) mass is 349 g/mol. The fourth-order valence-corrected chi connectivity index (χ4v) is 2.35. The zero-order valence-electron chi connectivity index (χ0n) is 12.2. The van der Waals surface area contributed by atoms with Crippen molar-refractivity contribution in [2.75, 3.05) is 5.32 Å². The van der Waals surface area contributed by atoms with Crippen LogP contribution >= 0.6 is 11.6 Å². The van der Waals surface area contributed by atoms with Crippen LogP contribution in [0.25, 0.3) is 11.1 Å². The molecule has 24 heavy (non-hydrogen) atoms. The lowest BCUT2D eigenvalue weighted by Crippen LogP contribution is -2.06. The van der Waals surface area contributed by atoms with Gasteiger partial charge in [0.25, 0.3) is 0 Å². The van der Waals surface area contributed by atoms with Crippen molar-refractivity contribution in [1.82, 2.24) is 9.97 Å². The number of hydrogen-bond donors (Lipinski definition) is 1. The first-order chi connectivity index (χ1) is 11.5. The van der Waals surface area contributed by atoms with Crippen LogP contribution in [0.5, 0.6) is 0 Å². The van der Waals surface area contributed by atoms with Gasteiger partial charge in [0.1, 0.15) is 23.3 Å². The summed E-state index contributed by atoms with van der Waals surface area (Å²) >= 11 is 5.80. The van der Waals surface area contributed by atoms with E-state index in [-0.39, 0.29) is 28.8 Å². The van der Waals surface area contributed by atoms with Gasteiger partial charge in [-0.15, -0.1) is 0 Å². The van der Waals surface area contributed by atoms with E-state index in [2.05, 4.69) is 15.3 Å². The van der Waals surface area contributed by atoms with Crippen LogP contribution in [0, 0.1) is 17.5 Å². The van der Waals surface area contributed by atoms with Gasteiger partial charge in [-0.2, -0.15) is 0 Å². The molecule has 1 N–H and O–H groups in total. The Labute approximate surface area is 141 Å². The van der Waals surface area contributed by atoms with E-state index in [9.17, 15) is 13.2 Å². The van der Waals surface area contributed by atoms with Crippen molar-refractivity contribution < 1.29 is 13.2 Å². The molecule has 1 heterocycles. The van der Waals surface area contributed by atoms with E-state index in [4.69, 9.17) is 11.6 Å². The standard InChI is InChI=1S/C17H11ClF3N3/c18-17-23-9-13(12-3-1-2-4-14(12)20)16(24-17)22-8-10-5-6-11(19)7-15(10)21/h1-7,9H,8H2,(H,22,23,24). The highest BCUT2D eigenvalue weighted by atomic mass is 35.5. The molecule has 2 aromatic carbocycles. The minimum Gasteiger partial charge on any atom is -0.365 e. The van der Waals surface area contributed by atoms with E-state index in [0.29, 0.717) is 5.56 Å². The molecule has 3 aromatic rings. The highest BCUT2D eigenvalue weighted by Gasteiger charge is 2.13. The predicted molar refractivity (Wildman–Crippen MR) is 86.1 cm³/mol. The van der Waals surface area contributed by atoms with Crippen molar-refractivity contribution >= 4 is 17.4 Å². The molecule has 0 aliphatic heterocycles. The quantitative estimate of drug-likeness (QED) is 0.686. The predicted octanol–water partition coefficient (Wildman–Crippen LogP) is 4.83. The smallest absolute Gasteiger partial charge is 0.224 e. The number of anilines is 1. The van der Waals surface area contributed by atoms with E-state index in [1.54, 1.807) is 18.2 Å². The van der Waals surface area contributed by atoms with Gasteiger partial charge in [0.05, 0.1) is 0 Å². The maximum atomic E-state index is 14.0. The Hall–Kier alpha value is -2.60. The van der Waals surface area contributed by atoms with Crippen molar-refractivity contribution in [2.24, 2.45) is 0 Å². The summed E-state index contributed by atoms with van der Waals surface area (Å²) in [6.45, 7) is 0.0287. The molecule has 0 amide bonds. The molecule has 0 fully saturated rings. The number of nitrogens with one attached hydrogen (secondary N) is 1. The molecule has 0 aliphatic rings. The molecular weight excluding hydrogens is 339 g/mol. The second kappa shape index (κ2) is 6.88. The third kappa shape index (κ3) is 3.49. The molecular formula is C17H11ClF3N3. The van der Waals surface area contributed by atoms with Gasteiger partial charge in [0, 0.05) is 35.5 Å². The van der Waals surface area contributed by atoms with Gasteiger partial charge in [-0.3, -0.25) is 0 Å². The summed E-state index contributed by atoms with van der Waals surface area (Å²) in [5.41, 5.74) is 0.918. The summed E-state index contributed by atoms with van der Waals surface area (Å²) < 4.78 is 40.7. The minimum atomic E-state index is -0.685. The van der Waals surface area contributed by atoms with Gasteiger partial charge < -0.3 is 5.32 Å². The lowest BCUT2D eigenvalue weighted by atomic mass is 10.1. The Morgan fingerprint density at radius 2 is 1.75 bits per heavy atom. The molecule has 0 unspecified atom stereocenters. The Bertz CT molecular complexity index is 887. The SMILES string of the molecule is Fc1ccc(CNc2nc(Cl)ncc2-c2ccccc2F)c(F)c1. The number of benzene rings is 2. The van der Waals surface area contributed by atoms with Crippen LogP contribution in [0.4, 0.5) is 19.0 Å². The summed E-state index contributed by atoms with van der Waals surface area (Å²) in [4.78, 5) is 7.90. The topological polar surface area (TPSA) is 37.8 Å². The van der Waals surface area contributed by atoms with Crippen LogP contribution in [0.3, 0.4) is 0 Å². The summed E-state index contributed by atoms with van der Waals surface area (Å²) in [7, 11) is 0. The average molecular weight is 350 g/mol. The van der Waals surface area contributed by atoms with Crippen molar-refractivity contribution in [3.05, 3.63) is 77.0 Å².